The fourth-order valence-electron chi connectivity index (χ4n) is 2.09. The van der Waals surface area contributed by atoms with Crippen LogP contribution in [0.1, 0.15) is 25.1 Å². The summed E-state index contributed by atoms with van der Waals surface area (Å²) in [6.45, 7) is 4.39. The molecule has 1 aromatic rings. The van der Waals surface area contributed by atoms with Gasteiger partial charge in [0.05, 0.1) is 5.69 Å². The highest BCUT2D eigenvalue weighted by Gasteiger charge is 2.14. The number of hydrogen-bond acceptors (Lipinski definition) is 3. The van der Waals surface area contributed by atoms with Gasteiger partial charge in [-0.1, -0.05) is 6.07 Å². The van der Waals surface area contributed by atoms with E-state index in [0.717, 1.165) is 26.1 Å². The van der Waals surface area contributed by atoms with Crippen LogP contribution in [0.4, 0.5) is 10.1 Å². The first-order chi connectivity index (χ1) is 8.16. The van der Waals surface area contributed by atoms with Gasteiger partial charge in [0.1, 0.15) is 11.9 Å². The summed E-state index contributed by atoms with van der Waals surface area (Å²) in [5.41, 5.74) is 1.19. The maximum atomic E-state index is 13.0. The highest BCUT2D eigenvalue weighted by Crippen LogP contribution is 2.28. The number of phenols is 1. The van der Waals surface area contributed by atoms with E-state index in [1.54, 1.807) is 12.1 Å². The van der Waals surface area contributed by atoms with Gasteiger partial charge < -0.3 is 15.7 Å². The van der Waals surface area contributed by atoms with Crippen LogP contribution in [0.3, 0.4) is 0 Å². The van der Waals surface area contributed by atoms with Crippen LogP contribution in [0.5, 0.6) is 5.75 Å². The van der Waals surface area contributed by atoms with Crippen molar-refractivity contribution in [3.05, 3.63) is 23.8 Å². The Morgan fingerprint density at radius 2 is 2.41 bits per heavy atom. The van der Waals surface area contributed by atoms with Crippen LogP contribution in [0.15, 0.2) is 18.2 Å². The summed E-state index contributed by atoms with van der Waals surface area (Å²) >= 11 is 0. The summed E-state index contributed by atoms with van der Waals surface area (Å²) in [5.74, 6) is 0.729. The predicted octanol–water partition coefficient (Wildman–Crippen LogP) is 2.44. The third-order valence-corrected chi connectivity index (χ3v) is 3.22. The Morgan fingerprint density at radius 1 is 1.59 bits per heavy atom. The Hall–Kier alpha value is -1.29. The SMILES string of the molecule is CC(F)c1ccc(NCC2CCNC2)c(O)c1. The number of anilines is 1. The van der Waals surface area contributed by atoms with Crippen LogP contribution >= 0.6 is 0 Å². The van der Waals surface area contributed by atoms with Crippen molar-refractivity contribution < 1.29 is 9.50 Å². The van der Waals surface area contributed by atoms with Crippen molar-refractivity contribution in [2.75, 3.05) is 25.0 Å². The summed E-state index contributed by atoms with van der Waals surface area (Å²) in [7, 11) is 0. The molecule has 4 heteroatoms. The smallest absolute Gasteiger partial charge is 0.139 e. The van der Waals surface area contributed by atoms with Crippen molar-refractivity contribution in [3.63, 3.8) is 0 Å². The van der Waals surface area contributed by atoms with Gasteiger partial charge in [0, 0.05) is 6.54 Å². The maximum Gasteiger partial charge on any atom is 0.139 e. The van der Waals surface area contributed by atoms with Gasteiger partial charge in [-0.3, -0.25) is 0 Å². The minimum Gasteiger partial charge on any atom is -0.506 e. The van der Waals surface area contributed by atoms with E-state index in [1.165, 1.54) is 13.0 Å². The number of phenolic OH excluding ortho intramolecular Hbond substituents is 1. The second kappa shape index (κ2) is 5.36. The van der Waals surface area contributed by atoms with Crippen LogP contribution in [0, 0.1) is 5.92 Å². The van der Waals surface area contributed by atoms with Crippen LogP contribution in [0.2, 0.25) is 0 Å². The number of nitrogens with one attached hydrogen (secondary N) is 2. The normalized spacial score (nSPS) is 21.4. The van der Waals surface area contributed by atoms with Crippen molar-refractivity contribution in [1.29, 1.82) is 0 Å². The lowest BCUT2D eigenvalue weighted by Crippen LogP contribution is -2.17. The number of aromatic hydroxyl groups is 1. The van der Waals surface area contributed by atoms with Gasteiger partial charge in [0.15, 0.2) is 0 Å². The van der Waals surface area contributed by atoms with Gasteiger partial charge >= 0.3 is 0 Å². The quantitative estimate of drug-likeness (QED) is 0.706. The van der Waals surface area contributed by atoms with Crippen LogP contribution in [-0.4, -0.2) is 24.7 Å². The molecule has 1 aliphatic rings. The van der Waals surface area contributed by atoms with Crippen LogP contribution in [-0.2, 0) is 0 Å². The molecule has 1 aliphatic heterocycles. The predicted molar refractivity (Wildman–Crippen MR) is 67.1 cm³/mol. The molecule has 17 heavy (non-hydrogen) atoms. The van der Waals surface area contributed by atoms with Crippen molar-refractivity contribution in [1.82, 2.24) is 5.32 Å². The third-order valence-electron chi connectivity index (χ3n) is 3.22. The summed E-state index contributed by atoms with van der Waals surface area (Å²) < 4.78 is 13.0. The van der Waals surface area contributed by atoms with Crippen molar-refractivity contribution >= 4 is 5.69 Å². The first kappa shape index (κ1) is 12.2. The zero-order valence-electron chi connectivity index (χ0n) is 10.0. The molecule has 0 amide bonds. The van der Waals surface area contributed by atoms with E-state index in [-0.39, 0.29) is 5.75 Å². The Labute approximate surface area is 101 Å². The van der Waals surface area contributed by atoms with Gasteiger partial charge in [0.2, 0.25) is 0 Å². The Bertz CT molecular complexity index is 376. The highest BCUT2D eigenvalue weighted by molar-refractivity contribution is 5.57. The zero-order chi connectivity index (χ0) is 12.3. The molecule has 2 atom stereocenters. The van der Waals surface area contributed by atoms with E-state index in [9.17, 15) is 9.50 Å². The zero-order valence-corrected chi connectivity index (χ0v) is 10.0. The van der Waals surface area contributed by atoms with Crippen molar-refractivity contribution in [3.8, 4) is 5.75 Å². The molecule has 1 saturated heterocycles. The molecular formula is C13H19FN2O. The monoisotopic (exact) mass is 238 g/mol. The maximum absolute atomic E-state index is 13.0. The van der Waals surface area contributed by atoms with Crippen molar-refractivity contribution in [2.45, 2.75) is 19.5 Å². The van der Waals surface area contributed by atoms with E-state index >= 15 is 0 Å². The molecule has 2 rings (SSSR count). The van der Waals surface area contributed by atoms with E-state index in [4.69, 9.17) is 0 Å². The molecule has 0 aromatic heterocycles. The molecule has 0 radical (unpaired) electrons. The molecule has 0 spiro atoms. The number of alkyl halides is 1. The van der Waals surface area contributed by atoms with Gasteiger partial charge in [-0.15, -0.1) is 0 Å². The van der Waals surface area contributed by atoms with Gasteiger partial charge in [0.25, 0.3) is 0 Å². The fraction of sp³-hybridized carbons (Fsp3) is 0.538. The molecule has 3 N–H and O–H groups in total. The van der Waals surface area contributed by atoms with Crippen LogP contribution < -0.4 is 10.6 Å². The average Bonchev–Trinajstić information content (AvgIpc) is 2.80. The van der Waals surface area contributed by atoms with Crippen LogP contribution in [0.25, 0.3) is 0 Å². The molecule has 94 valence electrons. The van der Waals surface area contributed by atoms with E-state index in [2.05, 4.69) is 10.6 Å². The number of benzene rings is 1. The molecule has 1 fully saturated rings. The Balaban J connectivity index is 1.96. The van der Waals surface area contributed by atoms with E-state index in [0.29, 0.717) is 17.2 Å². The molecule has 2 unspecified atom stereocenters. The second-order valence-corrected chi connectivity index (χ2v) is 4.63. The average molecular weight is 238 g/mol. The largest absolute Gasteiger partial charge is 0.506 e. The van der Waals surface area contributed by atoms with Gasteiger partial charge in [-0.25, -0.2) is 4.39 Å². The molecule has 0 aliphatic carbocycles. The molecule has 0 saturated carbocycles. The van der Waals surface area contributed by atoms with E-state index < -0.39 is 6.17 Å². The van der Waals surface area contributed by atoms with Gasteiger partial charge in [-0.05, 0) is 50.0 Å². The minimum absolute atomic E-state index is 0.123. The first-order valence-electron chi connectivity index (χ1n) is 6.08. The molecule has 1 heterocycles. The third kappa shape index (κ3) is 3.09. The first-order valence-corrected chi connectivity index (χ1v) is 6.08. The minimum atomic E-state index is -1.05. The lowest BCUT2D eigenvalue weighted by Gasteiger charge is -2.13. The molecule has 3 nitrogen and oxygen atoms in total. The Morgan fingerprint density at radius 3 is 3.00 bits per heavy atom. The highest BCUT2D eigenvalue weighted by atomic mass is 19.1. The molecular weight excluding hydrogens is 219 g/mol. The topological polar surface area (TPSA) is 44.3 Å². The Kier molecular flexibility index (Phi) is 3.84. The van der Waals surface area contributed by atoms with Crippen molar-refractivity contribution in [2.24, 2.45) is 5.92 Å². The van der Waals surface area contributed by atoms with Gasteiger partial charge in [-0.2, -0.15) is 0 Å². The lowest BCUT2D eigenvalue weighted by atomic mass is 10.1. The number of rotatable bonds is 4. The number of halogens is 1. The number of hydrogen-bond donors (Lipinski definition) is 3. The summed E-state index contributed by atoms with van der Waals surface area (Å²) in [5, 5.41) is 16.3. The summed E-state index contributed by atoms with van der Waals surface area (Å²) in [6.07, 6.45) is 0.113. The fourth-order valence-corrected chi connectivity index (χ4v) is 2.09. The molecule has 0 bridgehead atoms. The summed E-state index contributed by atoms with van der Waals surface area (Å²) in [4.78, 5) is 0. The summed E-state index contributed by atoms with van der Waals surface area (Å²) in [6, 6.07) is 4.93. The second-order valence-electron chi connectivity index (χ2n) is 4.63. The molecule has 1 aromatic carbocycles. The van der Waals surface area contributed by atoms with E-state index in [1.807, 2.05) is 0 Å². The standard InChI is InChI=1S/C13H19FN2O/c1-9(14)11-2-3-12(13(17)6-11)16-8-10-4-5-15-7-10/h2-3,6,9-10,15-17H,4-5,7-8H2,1H3. The lowest BCUT2D eigenvalue weighted by molar-refractivity contribution is 0.372.